The zero-order chi connectivity index (χ0) is 23.3. The van der Waals surface area contributed by atoms with Crippen molar-refractivity contribution >= 4 is 34.8 Å². The minimum atomic E-state index is -0.841. The fourth-order valence-electron chi connectivity index (χ4n) is 6.99. The summed E-state index contributed by atoms with van der Waals surface area (Å²) in [5, 5.41) is 21.3. The topological polar surface area (TPSA) is 68.3 Å². The molecule has 1 saturated heterocycles. The molecule has 0 aromatic heterocycles. The minimum Gasteiger partial charge on any atom is -0.660 e. The van der Waals surface area contributed by atoms with Gasteiger partial charge in [-0.15, -0.1) is 6.04 Å². The third kappa shape index (κ3) is 4.01. The van der Waals surface area contributed by atoms with Gasteiger partial charge in [0.25, 0.3) is 0 Å². The maximum Gasteiger partial charge on any atom is 0.0915 e. The molecule has 1 heterocycles. The number of fused-ring (bicyclic) bond motifs is 1. The number of isothiocyanates is 2. The van der Waals surface area contributed by atoms with Gasteiger partial charge < -0.3 is 15.2 Å². The molecule has 7 heteroatoms. The number of hydrogen-bond acceptors (Lipinski definition) is 6. The number of ether oxygens (including phenoxy) is 1. The summed E-state index contributed by atoms with van der Waals surface area (Å²) >= 11 is 9.93. The largest absolute Gasteiger partial charge is 0.660 e. The van der Waals surface area contributed by atoms with Gasteiger partial charge in [-0.05, 0) is 115 Å². The highest BCUT2D eigenvalue weighted by Gasteiger charge is 2.64. The maximum absolute atomic E-state index is 11.3. The highest BCUT2D eigenvalue weighted by atomic mass is 32.1. The first-order valence-electron chi connectivity index (χ1n) is 11.5. The summed E-state index contributed by atoms with van der Waals surface area (Å²) in [6.45, 7) is 12.8. The van der Waals surface area contributed by atoms with Crippen LogP contribution in [0.5, 0.6) is 0 Å². The Morgan fingerprint density at radius 3 is 2.29 bits per heavy atom. The van der Waals surface area contributed by atoms with Crippen LogP contribution in [0.25, 0.3) is 5.32 Å². The van der Waals surface area contributed by atoms with Crippen molar-refractivity contribution in [1.82, 2.24) is 0 Å². The molecule has 31 heavy (non-hydrogen) atoms. The fourth-order valence-corrected chi connectivity index (χ4v) is 7.42. The van der Waals surface area contributed by atoms with Crippen molar-refractivity contribution < 1.29 is 9.84 Å². The molecule has 8 unspecified atom stereocenters. The highest BCUT2D eigenvalue weighted by Crippen LogP contribution is 2.64. The van der Waals surface area contributed by atoms with E-state index in [0.29, 0.717) is 6.42 Å². The van der Waals surface area contributed by atoms with Crippen LogP contribution in [-0.2, 0) is 4.74 Å². The van der Waals surface area contributed by atoms with Crippen LogP contribution >= 0.6 is 24.4 Å². The van der Waals surface area contributed by atoms with Crippen molar-refractivity contribution in [3.63, 3.8) is 0 Å². The monoisotopic (exact) mass is 464 g/mol. The lowest BCUT2D eigenvalue weighted by atomic mass is 9.44. The Labute approximate surface area is 198 Å². The molecule has 174 valence electrons. The molecule has 0 bridgehead atoms. The molecule has 5 nitrogen and oxygen atoms in total. The van der Waals surface area contributed by atoms with Gasteiger partial charge in [-0.25, -0.2) is 9.98 Å². The van der Waals surface area contributed by atoms with E-state index in [9.17, 15) is 5.11 Å². The van der Waals surface area contributed by atoms with Crippen molar-refractivity contribution in [1.29, 1.82) is 0 Å². The molecule has 0 radical (unpaired) electrons. The van der Waals surface area contributed by atoms with E-state index < -0.39 is 11.1 Å². The van der Waals surface area contributed by atoms with Crippen LogP contribution in [0.3, 0.4) is 0 Å². The zero-order valence-electron chi connectivity index (χ0n) is 20.1. The molecule has 0 spiro atoms. The maximum atomic E-state index is 11.3. The summed E-state index contributed by atoms with van der Waals surface area (Å²) in [5.74, 6) is 0.386. The van der Waals surface area contributed by atoms with Crippen LogP contribution in [0.1, 0.15) is 80.1 Å². The summed E-state index contributed by atoms with van der Waals surface area (Å²) in [5.41, 5.74) is -2.03. The third-order valence-corrected chi connectivity index (χ3v) is 9.44. The number of aliphatic hydroxyl groups is 1. The molecule has 3 rings (SSSR count). The van der Waals surface area contributed by atoms with Gasteiger partial charge in [0, 0.05) is 5.60 Å². The van der Waals surface area contributed by atoms with Gasteiger partial charge in [-0.2, -0.15) is 7.05 Å². The molecule has 3 aliphatic rings. The summed E-state index contributed by atoms with van der Waals surface area (Å²) in [6.07, 6.45) is 5.35. The lowest BCUT2D eigenvalue weighted by molar-refractivity contribution is -0.181. The molecule has 0 aromatic carbocycles. The fraction of sp³-hybridized carbons (Fsp3) is 0.917. The molecule has 2 saturated carbocycles. The van der Waals surface area contributed by atoms with Gasteiger partial charge in [-0.1, -0.05) is 6.92 Å². The number of hydrogen-bond donors (Lipinski definition) is 1. The van der Waals surface area contributed by atoms with Crippen molar-refractivity contribution in [2.24, 2.45) is 27.2 Å². The van der Waals surface area contributed by atoms with E-state index in [1.165, 1.54) is 0 Å². The molecular formula is C24H38N3O2S2-. The van der Waals surface area contributed by atoms with Gasteiger partial charge in [-0.3, -0.25) is 0 Å². The Kier molecular flexibility index (Phi) is 6.77. The van der Waals surface area contributed by atoms with E-state index in [1.54, 1.807) is 0 Å². The quantitative estimate of drug-likeness (QED) is 0.424. The van der Waals surface area contributed by atoms with E-state index in [1.807, 2.05) is 14.0 Å². The second-order valence-electron chi connectivity index (χ2n) is 11.4. The second-order valence-corrected chi connectivity index (χ2v) is 11.8. The van der Waals surface area contributed by atoms with E-state index >= 15 is 0 Å². The average Bonchev–Trinajstić information content (AvgIpc) is 3.08. The molecule has 1 N–H and O–H groups in total. The lowest BCUT2D eigenvalue weighted by Crippen LogP contribution is -2.67. The lowest BCUT2D eigenvalue weighted by Gasteiger charge is -2.68. The molecule has 0 amide bonds. The van der Waals surface area contributed by atoms with Crippen molar-refractivity contribution in [3.8, 4) is 0 Å². The normalized spacial score (nSPS) is 47.7. The molecule has 3 fully saturated rings. The van der Waals surface area contributed by atoms with Crippen LogP contribution in [0.2, 0.25) is 0 Å². The molecule has 0 aromatic rings. The van der Waals surface area contributed by atoms with Crippen molar-refractivity contribution in [2.75, 3.05) is 7.05 Å². The Morgan fingerprint density at radius 2 is 1.71 bits per heavy atom. The molecule has 2 aliphatic carbocycles. The second kappa shape index (κ2) is 8.36. The van der Waals surface area contributed by atoms with Crippen LogP contribution < -0.4 is 0 Å². The Balaban J connectivity index is 2.05. The first-order chi connectivity index (χ1) is 14.3. The predicted molar refractivity (Wildman–Crippen MR) is 132 cm³/mol. The number of aliphatic imine (C=N–C) groups is 2. The van der Waals surface area contributed by atoms with Gasteiger partial charge >= 0.3 is 0 Å². The van der Waals surface area contributed by atoms with Crippen LogP contribution in [-0.4, -0.2) is 56.9 Å². The van der Waals surface area contributed by atoms with Gasteiger partial charge in [0.2, 0.25) is 0 Å². The first kappa shape index (κ1) is 25.1. The van der Waals surface area contributed by atoms with Gasteiger partial charge in [0.1, 0.15) is 0 Å². The Hall–Kier alpha value is -0.520. The number of rotatable bonds is 5. The average molecular weight is 465 g/mol. The highest BCUT2D eigenvalue weighted by molar-refractivity contribution is 7.78. The Morgan fingerprint density at radius 1 is 1.03 bits per heavy atom. The summed E-state index contributed by atoms with van der Waals surface area (Å²) < 4.78 is 6.82. The molecule has 8 atom stereocenters. The predicted octanol–water partition coefficient (Wildman–Crippen LogP) is 5.62. The van der Waals surface area contributed by atoms with Gasteiger partial charge in [0.05, 0.1) is 33.1 Å². The summed E-state index contributed by atoms with van der Waals surface area (Å²) in [4.78, 5) is 9.11. The van der Waals surface area contributed by atoms with E-state index in [2.05, 4.69) is 49.9 Å². The van der Waals surface area contributed by atoms with E-state index in [0.717, 1.165) is 32.1 Å². The van der Waals surface area contributed by atoms with Crippen molar-refractivity contribution in [3.05, 3.63) is 5.32 Å². The van der Waals surface area contributed by atoms with Crippen LogP contribution in [0.15, 0.2) is 9.98 Å². The van der Waals surface area contributed by atoms with Gasteiger partial charge in [0.15, 0.2) is 0 Å². The SMILES string of the molecule is C[N-]C1C2C(C3(C)CCC(C(C)(C)N=C=S)O3)CCC(C)(N=C=S)C2(C)CCC1(C)O. The van der Waals surface area contributed by atoms with E-state index in [-0.39, 0.29) is 40.5 Å². The van der Waals surface area contributed by atoms with Crippen LogP contribution in [0.4, 0.5) is 0 Å². The summed E-state index contributed by atoms with van der Waals surface area (Å²) in [7, 11) is 1.84. The smallest absolute Gasteiger partial charge is 0.0915 e. The standard InChI is InChI=1S/C24H38N3O2S2/c1-20(2,26-14-30)17-9-10-23(5,29-17)16-8-11-24(6,27-15-31)21(3)12-13-22(4,28)19(25-7)18(16)21/h16-19,28H,8-13H2,1-7H3/q-1. The summed E-state index contributed by atoms with van der Waals surface area (Å²) in [6, 6.07) is -0.178. The Bertz CT molecular complexity index is 805. The van der Waals surface area contributed by atoms with Crippen molar-refractivity contribution in [2.45, 2.75) is 114 Å². The third-order valence-electron chi connectivity index (χ3n) is 9.26. The van der Waals surface area contributed by atoms with Crippen LogP contribution in [0, 0.1) is 17.3 Å². The van der Waals surface area contributed by atoms with E-state index in [4.69, 9.17) is 39.5 Å². The number of likely N-dealkylation sites (N-methyl/N-ethyl adjacent to an activating group) is 1. The molecule has 1 aliphatic heterocycles. The number of thiocarbonyl (C=S) groups is 2. The minimum absolute atomic E-state index is 0.00683. The number of nitrogens with zero attached hydrogens (tertiary/aromatic N) is 3. The zero-order valence-corrected chi connectivity index (χ0v) is 21.7. The first-order valence-corrected chi connectivity index (χ1v) is 12.3. The molecular weight excluding hydrogens is 426 g/mol.